The van der Waals surface area contributed by atoms with Crippen LogP contribution in [0.25, 0.3) is 0 Å². The number of ether oxygens (including phenoxy) is 1. The van der Waals surface area contributed by atoms with Crippen LogP contribution in [0.2, 0.25) is 0 Å². The minimum Gasteiger partial charge on any atom is -0.495 e. The van der Waals surface area contributed by atoms with Crippen molar-refractivity contribution in [2.24, 2.45) is 0 Å². The highest BCUT2D eigenvalue weighted by Crippen LogP contribution is 2.27. The molecule has 0 aliphatic rings. The van der Waals surface area contributed by atoms with Gasteiger partial charge < -0.3 is 15.4 Å². The van der Waals surface area contributed by atoms with Crippen LogP contribution >= 0.6 is 8.03 Å². The van der Waals surface area contributed by atoms with E-state index in [0.29, 0.717) is 17.9 Å². The molecule has 0 fully saturated rings. The molecular weight excluding hydrogens is 225 g/mol. The lowest BCUT2D eigenvalue weighted by atomic mass is 10.1. The van der Waals surface area contributed by atoms with Crippen LogP contribution in [0.1, 0.15) is 18.9 Å². The largest absolute Gasteiger partial charge is 0.495 e. The first-order valence-corrected chi connectivity index (χ1v) is 6.63. The van der Waals surface area contributed by atoms with Gasteiger partial charge in [0.1, 0.15) is 5.75 Å². The van der Waals surface area contributed by atoms with E-state index in [2.05, 4.69) is 0 Å². The van der Waals surface area contributed by atoms with Crippen LogP contribution in [-0.2, 0) is 11.0 Å². The number of nitrogen functional groups attached to an aromatic ring is 1. The number of anilines is 1. The van der Waals surface area contributed by atoms with Gasteiger partial charge in [-0.15, -0.1) is 0 Å². The fraction of sp³-hybridized carbons (Fsp3) is 0.455. The highest BCUT2D eigenvalue weighted by molar-refractivity contribution is 7.38. The molecule has 0 bridgehead atoms. The van der Waals surface area contributed by atoms with E-state index < -0.39 is 8.03 Å². The van der Waals surface area contributed by atoms with Gasteiger partial charge >= 0.3 is 0 Å². The second-order valence-corrected chi connectivity index (χ2v) is 5.52. The molecule has 0 aliphatic heterocycles. The van der Waals surface area contributed by atoms with Crippen molar-refractivity contribution in [3.8, 4) is 5.75 Å². The zero-order valence-electron chi connectivity index (χ0n) is 9.56. The summed E-state index contributed by atoms with van der Waals surface area (Å²) in [5, 5.41) is 0. The molecular formula is C11H18NO3P. The fourth-order valence-electron chi connectivity index (χ4n) is 1.42. The van der Waals surface area contributed by atoms with Crippen molar-refractivity contribution in [2.45, 2.75) is 25.4 Å². The lowest BCUT2D eigenvalue weighted by Gasteiger charge is -2.09. The Balaban J connectivity index is 2.64. The van der Waals surface area contributed by atoms with Crippen molar-refractivity contribution < 1.29 is 14.2 Å². The van der Waals surface area contributed by atoms with Gasteiger partial charge in [0, 0.05) is 5.66 Å². The molecule has 1 rings (SSSR count). The van der Waals surface area contributed by atoms with Gasteiger partial charge in [0.05, 0.1) is 12.8 Å². The molecule has 0 saturated carbocycles. The predicted molar refractivity (Wildman–Crippen MR) is 66.4 cm³/mol. The Morgan fingerprint density at radius 3 is 2.81 bits per heavy atom. The average Bonchev–Trinajstić information content (AvgIpc) is 2.27. The number of nitrogens with two attached hydrogens (primary N) is 1. The van der Waals surface area contributed by atoms with Crippen LogP contribution in [0.3, 0.4) is 0 Å². The SMILES string of the molecule is COc1cc(CCC(C)[PH](=O)O)ccc1N. The summed E-state index contributed by atoms with van der Waals surface area (Å²) in [4.78, 5) is 8.95. The fourth-order valence-corrected chi connectivity index (χ4v) is 1.81. The zero-order chi connectivity index (χ0) is 12.1. The minimum absolute atomic E-state index is 0.145. The second-order valence-electron chi connectivity index (χ2n) is 3.85. The quantitative estimate of drug-likeness (QED) is 0.613. The summed E-state index contributed by atoms with van der Waals surface area (Å²) in [6.07, 6.45) is 1.45. The van der Waals surface area contributed by atoms with Gasteiger partial charge in [-0.25, -0.2) is 0 Å². The Kier molecular flexibility index (Phi) is 4.84. The zero-order valence-corrected chi connectivity index (χ0v) is 10.6. The molecule has 1 aromatic rings. The molecule has 2 atom stereocenters. The Bertz CT molecular complexity index is 381. The minimum atomic E-state index is -2.41. The molecule has 90 valence electrons. The molecule has 0 aliphatic carbocycles. The molecule has 0 spiro atoms. The highest BCUT2D eigenvalue weighted by Gasteiger charge is 2.08. The van der Waals surface area contributed by atoms with Gasteiger partial charge in [-0.3, -0.25) is 4.57 Å². The van der Waals surface area contributed by atoms with E-state index in [1.807, 2.05) is 12.1 Å². The van der Waals surface area contributed by atoms with Crippen LogP contribution in [0, 0.1) is 0 Å². The average molecular weight is 243 g/mol. The molecule has 0 aromatic heterocycles. The molecule has 16 heavy (non-hydrogen) atoms. The number of aryl methyl sites for hydroxylation is 1. The molecule has 1 aromatic carbocycles. The van der Waals surface area contributed by atoms with Gasteiger partial charge in [0.2, 0.25) is 0 Å². The van der Waals surface area contributed by atoms with Gasteiger partial charge in [0.15, 0.2) is 8.03 Å². The third-order valence-corrected chi connectivity index (χ3v) is 3.72. The molecule has 0 radical (unpaired) electrons. The Morgan fingerprint density at radius 2 is 2.25 bits per heavy atom. The van der Waals surface area contributed by atoms with Crippen LogP contribution in [0.15, 0.2) is 18.2 Å². The standard InChI is InChI=1S/C11H18NO3P/c1-8(16(13)14)3-4-9-5-6-10(12)11(7-9)15-2/h5-8,16H,3-4,12H2,1-2H3,(H,13,14). The van der Waals surface area contributed by atoms with E-state index in [9.17, 15) is 4.57 Å². The smallest absolute Gasteiger partial charge is 0.191 e. The molecule has 3 N–H and O–H groups in total. The van der Waals surface area contributed by atoms with E-state index in [1.54, 1.807) is 20.1 Å². The third-order valence-electron chi connectivity index (χ3n) is 2.59. The summed E-state index contributed by atoms with van der Waals surface area (Å²) >= 11 is 0. The van der Waals surface area contributed by atoms with Crippen LogP contribution < -0.4 is 10.5 Å². The molecule has 5 heteroatoms. The number of methoxy groups -OCH3 is 1. The van der Waals surface area contributed by atoms with Gasteiger partial charge in [-0.1, -0.05) is 13.0 Å². The van der Waals surface area contributed by atoms with Crippen LogP contribution in [0.5, 0.6) is 5.75 Å². The summed E-state index contributed by atoms with van der Waals surface area (Å²) < 4.78 is 15.9. The van der Waals surface area contributed by atoms with Crippen molar-refractivity contribution >= 4 is 13.7 Å². The lowest BCUT2D eigenvalue weighted by Crippen LogP contribution is -1.99. The number of hydrogen-bond acceptors (Lipinski definition) is 3. The van der Waals surface area contributed by atoms with E-state index >= 15 is 0 Å². The van der Waals surface area contributed by atoms with Gasteiger partial charge in [0.25, 0.3) is 0 Å². The first kappa shape index (κ1) is 13.1. The Morgan fingerprint density at radius 1 is 1.56 bits per heavy atom. The molecule has 4 nitrogen and oxygen atoms in total. The normalized spacial score (nSPS) is 14.4. The maximum atomic E-state index is 10.8. The number of hydrogen-bond donors (Lipinski definition) is 2. The van der Waals surface area contributed by atoms with E-state index in [0.717, 1.165) is 12.0 Å². The third kappa shape index (κ3) is 3.54. The van der Waals surface area contributed by atoms with Gasteiger partial charge in [-0.05, 0) is 30.5 Å². The van der Waals surface area contributed by atoms with Crippen LogP contribution in [0.4, 0.5) is 5.69 Å². The summed E-state index contributed by atoms with van der Waals surface area (Å²) in [6, 6.07) is 5.58. The molecule has 0 heterocycles. The van der Waals surface area contributed by atoms with Crippen molar-refractivity contribution in [3.05, 3.63) is 23.8 Å². The van der Waals surface area contributed by atoms with Crippen molar-refractivity contribution in [1.82, 2.24) is 0 Å². The first-order valence-electron chi connectivity index (χ1n) is 5.19. The molecule has 0 saturated heterocycles. The summed E-state index contributed by atoms with van der Waals surface area (Å²) in [6.45, 7) is 1.79. The highest BCUT2D eigenvalue weighted by atomic mass is 31.1. The topological polar surface area (TPSA) is 72.5 Å². The first-order chi connectivity index (χ1) is 7.54. The summed E-state index contributed by atoms with van der Waals surface area (Å²) in [5.74, 6) is 0.654. The van der Waals surface area contributed by atoms with E-state index in [1.165, 1.54) is 0 Å². The second kappa shape index (κ2) is 5.92. The van der Waals surface area contributed by atoms with Crippen molar-refractivity contribution in [1.29, 1.82) is 0 Å². The molecule has 2 unspecified atom stereocenters. The maximum Gasteiger partial charge on any atom is 0.191 e. The molecule has 0 amide bonds. The van der Waals surface area contributed by atoms with Gasteiger partial charge in [-0.2, -0.15) is 0 Å². The number of rotatable bonds is 5. The van der Waals surface area contributed by atoms with Crippen LogP contribution in [-0.4, -0.2) is 17.7 Å². The van der Waals surface area contributed by atoms with Crippen molar-refractivity contribution in [3.63, 3.8) is 0 Å². The Hall–Kier alpha value is -0.990. The van der Waals surface area contributed by atoms with E-state index in [4.69, 9.17) is 15.4 Å². The van der Waals surface area contributed by atoms with Crippen molar-refractivity contribution in [2.75, 3.05) is 12.8 Å². The monoisotopic (exact) mass is 243 g/mol. The summed E-state index contributed by atoms with van der Waals surface area (Å²) in [5.41, 5.74) is 7.23. The maximum absolute atomic E-state index is 10.8. The Labute approximate surface area is 96.3 Å². The van der Waals surface area contributed by atoms with E-state index in [-0.39, 0.29) is 5.66 Å². The predicted octanol–water partition coefficient (Wildman–Crippen LogP) is 2.07. The number of benzene rings is 1. The summed E-state index contributed by atoms with van der Waals surface area (Å²) in [7, 11) is -0.837. The lowest BCUT2D eigenvalue weighted by molar-refractivity contribution is 0.416.